The van der Waals surface area contributed by atoms with Crippen molar-refractivity contribution in [2.45, 2.75) is 26.8 Å². The number of halogens is 1. The first-order chi connectivity index (χ1) is 14.6. The molecule has 0 unspecified atom stereocenters. The molecule has 7 heteroatoms. The van der Waals surface area contributed by atoms with Crippen molar-refractivity contribution in [2.75, 3.05) is 0 Å². The van der Waals surface area contributed by atoms with Crippen LogP contribution in [0.3, 0.4) is 0 Å². The van der Waals surface area contributed by atoms with E-state index in [0.29, 0.717) is 23.6 Å². The molecule has 5 rings (SSSR count). The molecule has 4 N–H and O–H groups in total. The first-order valence-corrected chi connectivity index (χ1v) is 9.90. The summed E-state index contributed by atoms with van der Waals surface area (Å²) < 4.78 is 13.5. The molecule has 0 atom stereocenters. The minimum absolute atomic E-state index is 0.316. The minimum atomic E-state index is -0.316. The van der Waals surface area contributed by atoms with Crippen molar-refractivity contribution >= 4 is 21.9 Å². The van der Waals surface area contributed by atoms with E-state index in [4.69, 9.17) is 5.73 Å². The maximum Gasteiger partial charge on any atom is 0.159 e. The fourth-order valence-electron chi connectivity index (χ4n) is 4.02. The average Bonchev–Trinajstić information content (AvgIpc) is 3.36. The highest BCUT2D eigenvalue weighted by molar-refractivity contribution is 5.95. The molecule has 0 radical (unpaired) electrons. The summed E-state index contributed by atoms with van der Waals surface area (Å²) in [5, 5.41) is 8.44. The number of imidazole rings is 1. The molecule has 5 aromatic rings. The smallest absolute Gasteiger partial charge is 0.159 e. The van der Waals surface area contributed by atoms with Crippen molar-refractivity contribution < 1.29 is 4.39 Å². The van der Waals surface area contributed by atoms with Crippen LogP contribution in [-0.2, 0) is 13.0 Å². The van der Waals surface area contributed by atoms with Crippen molar-refractivity contribution in [1.29, 1.82) is 0 Å². The Bertz CT molecular complexity index is 1400. The van der Waals surface area contributed by atoms with Crippen LogP contribution in [0.2, 0.25) is 0 Å². The fourth-order valence-corrected chi connectivity index (χ4v) is 4.02. The second-order valence-electron chi connectivity index (χ2n) is 7.36. The van der Waals surface area contributed by atoms with E-state index < -0.39 is 0 Å². The summed E-state index contributed by atoms with van der Waals surface area (Å²) in [5.41, 5.74) is 14.3. The zero-order chi connectivity index (χ0) is 20.8. The lowest BCUT2D eigenvalue weighted by Crippen LogP contribution is -2.07. The number of fused-ring (bicyclic) bond motifs is 2. The van der Waals surface area contributed by atoms with Gasteiger partial charge in [0.2, 0.25) is 0 Å². The molecule has 0 aliphatic rings. The Morgan fingerprint density at radius 2 is 1.93 bits per heavy atom. The van der Waals surface area contributed by atoms with E-state index in [1.165, 1.54) is 12.1 Å². The molecule has 150 valence electrons. The van der Waals surface area contributed by atoms with Gasteiger partial charge < -0.3 is 10.7 Å². The Morgan fingerprint density at radius 3 is 2.73 bits per heavy atom. The molecule has 30 heavy (non-hydrogen) atoms. The zero-order valence-electron chi connectivity index (χ0n) is 16.8. The summed E-state index contributed by atoms with van der Waals surface area (Å²) >= 11 is 0. The number of aromatic amines is 2. The van der Waals surface area contributed by atoms with Crippen LogP contribution in [0.5, 0.6) is 0 Å². The van der Waals surface area contributed by atoms with Crippen LogP contribution in [0.4, 0.5) is 4.39 Å². The van der Waals surface area contributed by atoms with Gasteiger partial charge >= 0.3 is 0 Å². The number of H-pyrrole nitrogens is 2. The molecule has 0 fully saturated rings. The summed E-state index contributed by atoms with van der Waals surface area (Å²) in [6.07, 6.45) is 2.77. The molecule has 0 amide bonds. The van der Waals surface area contributed by atoms with Gasteiger partial charge in [0, 0.05) is 35.5 Å². The second kappa shape index (κ2) is 7.03. The Labute approximate surface area is 172 Å². The molecule has 0 bridgehead atoms. The van der Waals surface area contributed by atoms with E-state index in [1.54, 1.807) is 6.07 Å². The Hall–Kier alpha value is -3.58. The number of benzene rings is 2. The molecule has 6 nitrogen and oxygen atoms in total. The lowest BCUT2D eigenvalue weighted by molar-refractivity contribution is 0.629. The first kappa shape index (κ1) is 18.4. The number of hydrogen-bond donors (Lipinski definition) is 3. The van der Waals surface area contributed by atoms with Gasteiger partial charge in [-0.05, 0) is 54.3 Å². The molecular weight excluding hydrogens is 379 g/mol. The van der Waals surface area contributed by atoms with Crippen LogP contribution in [0, 0.1) is 12.7 Å². The highest BCUT2D eigenvalue weighted by atomic mass is 19.1. The van der Waals surface area contributed by atoms with E-state index in [9.17, 15) is 4.39 Å². The fraction of sp³-hybridized carbons (Fsp3) is 0.174. The molecule has 0 aliphatic carbocycles. The number of rotatable bonds is 4. The van der Waals surface area contributed by atoms with Crippen LogP contribution >= 0.6 is 0 Å². The third-order valence-corrected chi connectivity index (χ3v) is 5.64. The molecule has 2 aromatic carbocycles. The average molecular weight is 400 g/mol. The summed E-state index contributed by atoms with van der Waals surface area (Å²) in [6, 6.07) is 10.6. The number of nitrogens with two attached hydrogens (primary N) is 1. The number of aromatic nitrogens is 5. The quantitative estimate of drug-likeness (QED) is 0.410. The van der Waals surface area contributed by atoms with E-state index in [-0.39, 0.29) is 5.82 Å². The molecule has 0 saturated carbocycles. The van der Waals surface area contributed by atoms with Gasteiger partial charge in [-0.2, -0.15) is 5.10 Å². The van der Waals surface area contributed by atoms with Crippen LogP contribution in [-0.4, -0.2) is 25.1 Å². The maximum absolute atomic E-state index is 13.5. The van der Waals surface area contributed by atoms with E-state index in [1.807, 2.05) is 18.3 Å². The van der Waals surface area contributed by atoms with Crippen molar-refractivity contribution in [1.82, 2.24) is 25.1 Å². The van der Waals surface area contributed by atoms with Gasteiger partial charge in [-0.25, -0.2) is 9.37 Å². The van der Waals surface area contributed by atoms with Gasteiger partial charge in [0.1, 0.15) is 11.5 Å². The maximum atomic E-state index is 13.5. The van der Waals surface area contributed by atoms with Gasteiger partial charge in [-0.3, -0.25) is 10.1 Å². The van der Waals surface area contributed by atoms with Gasteiger partial charge in [-0.15, -0.1) is 0 Å². The third kappa shape index (κ3) is 2.86. The third-order valence-electron chi connectivity index (χ3n) is 5.64. The summed E-state index contributed by atoms with van der Waals surface area (Å²) in [7, 11) is 0. The van der Waals surface area contributed by atoms with Crippen LogP contribution in [0.15, 0.2) is 42.6 Å². The topological polar surface area (TPSA) is 96.3 Å². The normalized spacial score (nSPS) is 11.6. The van der Waals surface area contributed by atoms with Crippen LogP contribution in [0.25, 0.3) is 44.6 Å². The molecule has 0 spiro atoms. The standard InChI is InChI=1S/C23H21FN6/c1-3-18-16(10-25)12(2)17(11-26-18)13-4-6-19-15(8-13)22(30-29-19)23-27-20-7-5-14(24)9-21(20)28-23/h4-9,11H,3,10,25H2,1-2H3,(H,27,28)(H,29,30). The predicted octanol–water partition coefficient (Wildman–Crippen LogP) is 4.64. The SMILES string of the molecule is CCc1ncc(-c2ccc3[nH]nc(-c4nc5cc(F)ccc5[nH]4)c3c2)c(C)c1CN. The molecule has 0 aliphatic heterocycles. The lowest BCUT2D eigenvalue weighted by Gasteiger charge is -2.14. The van der Waals surface area contributed by atoms with E-state index in [0.717, 1.165) is 50.8 Å². The van der Waals surface area contributed by atoms with E-state index in [2.05, 4.69) is 45.1 Å². The van der Waals surface area contributed by atoms with Crippen LogP contribution < -0.4 is 5.73 Å². The van der Waals surface area contributed by atoms with Crippen molar-refractivity contribution in [3.8, 4) is 22.6 Å². The monoisotopic (exact) mass is 400 g/mol. The number of pyridine rings is 1. The van der Waals surface area contributed by atoms with Gasteiger partial charge in [0.15, 0.2) is 5.82 Å². The second-order valence-corrected chi connectivity index (χ2v) is 7.36. The highest BCUT2D eigenvalue weighted by Gasteiger charge is 2.16. The summed E-state index contributed by atoms with van der Waals surface area (Å²) in [5.74, 6) is 0.279. The molecule has 3 aromatic heterocycles. The Balaban J connectivity index is 1.66. The summed E-state index contributed by atoms with van der Waals surface area (Å²) in [6.45, 7) is 4.64. The lowest BCUT2D eigenvalue weighted by atomic mass is 9.95. The van der Waals surface area contributed by atoms with Crippen molar-refractivity contribution in [2.24, 2.45) is 5.73 Å². The largest absolute Gasteiger partial charge is 0.337 e. The number of aryl methyl sites for hydroxylation is 1. The highest BCUT2D eigenvalue weighted by Crippen LogP contribution is 2.32. The van der Waals surface area contributed by atoms with Gasteiger partial charge in [-0.1, -0.05) is 13.0 Å². The van der Waals surface area contributed by atoms with Gasteiger partial charge in [0.05, 0.1) is 16.6 Å². The first-order valence-electron chi connectivity index (χ1n) is 9.90. The minimum Gasteiger partial charge on any atom is -0.337 e. The van der Waals surface area contributed by atoms with Gasteiger partial charge in [0.25, 0.3) is 0 Å². The number of hydrogen-bond acceptors (Lipinski definition) is 4. The van der Waals surface area contributed by atoms with E-state index >= 15 is 0 Å². The van der Waals surface area contributed by atoms with Crippen molar-refractivity contribution in [3.63, 3.8) is 0 Å². The predicted molar refractivity (Wildman–Crippen MR) is 116 cm³/mol. The Morgan fingerprint density at radius 1 is 1.10 bits per heavy atom. The zero-order valence-corrected chi connectivity index (χ0v) is 16.8. The number of nitrogens with zero attached hydrogens (tertiary/aromatic N) is 3. The Kier molecular flexibility index (Phi) is 4.33. The summed E-state index contributed by atoms with van der Waals surface area (Å²) in [4.78, 5) is 12.4. The molecular formula is C23H21FN6. The van der Waals surface area contributed by atoms with Crippen LogP contribution in [0.1, 0.15) is 23.7 Å². The van der Waals surface area contributed by atoms with Crippen molar-refractivity contribution in [3.05, 3.63) is 65.2 Å². The number of nitrogens with one attached hydrogen (secondary N) is 2. The molecule has 3 heterocycles. The molecule has 0 saturated heterocycles.